The molecule has 0 fully saturated rings. The highest BCUT2D eigenvalue weighted by Gasteiger charge is 2.20. The quantitative estimate of drug-likeness (QED) is 0.843. The van der Waals surface area contributed by atoms with Gasteiger partial charge in [-0.1, -0.05) is 0 Å². The van der Waals surface area contributed by atoms with Crippen LogP contribution in [0.5, 0.6) is 0 Å². The summed E-state index contributed by atoms with van der Waals surface area (Å²) in [5, 5.41) is 0.247. The van der Waals surface area contributed by atoms with Crippen molar-refractivity contribution in [3.8, 4) is 0 Å². The molecule has 0 saturated carbocycles. The highest BCUT2D eigenvalue weighted by atomic mass is 32.2. The van der Waals surface area contributed by atoms with Crippen molar-refractivity contribution in [3.63, 3.8) is 0 Å². The summed E-state index contributed by atoms with van der Waals surface area (Å²) in [6, 6.07) is 3.32. The Morgan fingerprint density at radius 1 is 1.26 bits per heavy atom. The zero-order valence-electron chi connectivity index (χ0n) is 10.8. The fourth-order valence-corrected chi connectivity index (χ4v) is 3.80. The molecule has 102 valence electrons. The second-order valence-electron chi connectivity index (χ2n) is 4.23. The van der Waals surface area contributed by atoms with E-state index in [1.807, 2.05) is 0 Å². The number of hydrogen-bond acceptors (Lipinski definition) is 6. The molecule has 0 aliphatic heterocycles. The molecule has 0 saturated heterocycles. The van der Waals surface area contributed by atoms with Crippen LogP contribution in [0.1, 0.15) is 17.0 Å². The molecule has 2 aromatic rings. The molecule has 19 heavy (non-hydrogen) atoms. The average Bonchev–Trinajstić information content (AvgIpc) is 2.68. The smallest absolute Gasteiger partial charge is 0.264 e. The number of anilines is 2. The number of nitrogens with two attached hydrogens (primary N) is 1. The lowest BCUT2D eigenvalue weighted by Gasteiger charge is -2.11. The molecule has 1 aromatic carbocycles. The summed E-state index contributed by atoms with van der Waals surface area (Å²) in [7, 11) is -3.70. The van der Waals surface area contributed by atoms with Crippen LogP contribution in [0.25, 0.3) is 0 Å². The fourth-order valence-electron chi connectivity index (χ4n) is 1.64. The number of nitrogens with zero attached hydrogens (tertiary/aromatic N) is 2. The Hall–Kier alpha value is -1.67. The first-order chi connectivity index (χ1) is 8.79. The van der Waals surface area contributed by atoms with Crippen molar-refractivity contribution in [3.05, 3.63) is 29.1 Å². The third kappa shape index (κ3) is 2.85. The highest BCUT2D eigenvalue weighted by molar-refractivity contribution is 7.93. The van der Waals surface area contributed by atoms with Crippen molar-refractivity contribution in [1.82, 2.24) is 9.36 Å². The SMILES string of the molecule is Cc1cc(N)c(C)c(S(=O)(=O)Nc2nc(C)ns2)c1. The number of hydrogen-bond donors (Lipinski definition) is 2. The maximum absolute atomic E-state index is 12.3. The van der Waals surface area contributed by atoms with Gasteiger partial charge in [0.05, 0.1) is 4.90 Å². The molecular formula is C11H14N4O2S2. The minimum absolute atomic E-state index is 0.165. The fraction of sp³-hybridized carbons (Fsp3) is 0.273. The third-order valence-corrected chi connectivity index (χ3v) is 4.90. The number of nitrogens with one attached hydrogen (secondary N) is 1. The van der Waals surface area contributed by atoms with Gasteiger partial charge in [-0.15, -0.1) is 0 Å². The van der Waals surface area contributed by atoms with E-state index in [1.165, 1.54) is 0 Å². The summed E-state index contributed by atoms with van der Waals surface area (Å²) in [6.45, 7) is 5.17. The largest absolute Gasteiger partial charge is 0.398 e. The topological polar surface area (TPSA) is 98.0 Å². The first-order valence-corrected chi connectivity index (χ1v) is 7.75. The van der Waals surface area contributed by atoms with Gasteiger partial charge in [0.25, 0.3) is 10.0 Å². The van der Waals surface area contributed by atoms with Crippen LogP contribution in [0, 0.1) is 20.8 Å². The van der Waals surface area contributed by atoms with Crippen molar-refractivity contribution >= 4 is 32.4 Å². The van der Waals surface area contributed by atoms with Gasteiger partial charge in [0, 0.05) is 17.2 Å². The summed E-state index contributed by atoms with van der Waals surface area (Å²) in [5.41, 5.74) is 7.57. The lowest BCUT2D eigenvalue weighted by molar-refractivity contribution is 0.600. The molecule has 2 rings (SSSR count). The Bertz CT molecular complexity index is 722. The first kappa shape index (κ1) is 13.8. The Balaban J connectivity index is 2.45. The van der Waals surface area contributed by atoms with Crippen molar-refractivity contribution < 1.29 is 8.42 Å². The van der Waals surface area contributed by atoms with E-state index in [0.29, 0.717) is 17.1 Å². The van der Waals surface area contributed by atoms with Gasteiger partial charge < -0.3 is 5.73 Å². The van der Waals surface area contributed by atoms with E-state index in [2.05, 4.69) is 14.1 Å². The number of nitrogen functional groups attached to an aromatic ring is 1. The molecule has 8 heteroatoms. The van der Waals surface area contributed by atoms with Crippen LogP contribution in [0.3, 0.4) is 0 Å². The molecule has 0 bridgehead atoms. The van der Waals surface area contributed by atoms with Gasteiger partial charge in [0.1, 0.15) is 5.82 Å². The number of benzene rings is 1. The first-order valence-electron chi connectivity index (χ1n) is 5.49. The van der Waals surface area contributed by atoms with Crippen LogP contribution >= 0.6 is 11.5 Å². The number of aryl methyl sites for hydroxylation is 2. The summed E-state index contributed by atoms with van der Waals surface area (Å²) < 4.78 is 31.0. The van der Waals surface area contributed by atoms with Crippen molar-refractivity contribution in [2.24, 2.45) is 0 Å². The molecular weight excluding hydrogens is 284 g/mol. The second-order valence-corrected chi connectivity index (χ2v) is 6.63. The molecule has 0 aliphatic rings. The lowest BCUT2D eigenvalue weighted by atomic mass is 10.1. The lowest BCUT2D eigenvalue weighted by Crippen LogP contribution is -2.15. The minimum atomic E-state index is -3.70. The summed E-state index contributed by atoms with van der Waals surface area (Å²) in [4.78, 5) is 4.15. The minimum Gasteiger partial charge on any atom is -0.398 e. The summed E-state index contributed by atoms with van der Waals surface area (Å²) >= 11 is 1.00. The maximum atomic E-state index is 12.3. The molecule has 3 N–H and O–H groups in total. The molecule has 0 radical (unpaired) electrons. The predicted octanol–water partition coefficient (Wildman–Crippen LogP) is 1.85. The number of aromatic nitrogens is 2. The normalized spacial score (nSPS) is 11.5. The molecule has 0 unspecified atom stereocenters. The summed E-state index contributed by atoms with van der Waals surface area (Å²) in [5.74, 6) is 0.531. The third-order valence-electron chi connectivity index (χ3n) is 2.58. The van der Waals surface area contributed by atoms with Crippen molar-refractivity contribution in [2.75, 3.05) is 10.5 Å². The molecule has 0 aliphatic carbocycles. The Morgan fingerprint density at radius 2 is 1.95 bits per heavy atom. The second kappa shape index (κ2) is 4.78. The number of sulfonamides is 1. The van der Waals surface area contributed by atoms with E-state index in [0.717, 1.165) is 17.1 Å². The van der Waals surface area contributed by atoms with Crippen LogP contribution in [-0.2, 0) is 10.0 Å². The van der Waals surface area contributed by atoms with Crippen molar-refractivity contribution in [2.45, 2.75) is 25.7 Å². The molecule has 1 heterocycles. The Kier molecular flexibility index (Phi) is 3.46. The molecule has 0 atom stereocenters. The van der Waals surface area contributed by atoms with Gasteiger partial charge >= 0.3 is 0 Å². The van der Waals surface area contributed by atoms with E-state index >= 15 is 0 Å². The standard InChI is InChI=1S/C11H14N4O2S2/c1-6-4-9(12)7(2)10(5-6)19(16,17)15-11-13-8(3)14-18-11/h4-5H,12H2,1-3H3,(H,13,14,15). The zero-order valence-corrected chi connectivity index (χ0v) is 12.4. The van der Waals surface area contributed by atoms with Gasteiger partial charge in [-0.3, -0.25) is 4.72 Å². The highest BCUT2D eigenvalue weighted by Crippen LogP contribution is 2.25. The van der Waals surface area contributed by atoms with Gasteiger partial charge in [-0.05, 0) is 44.0 Å². The molecule has 6 nitrogen and oxygen atoms in total. The van der Waals surface area contributed by atoms with Crippen LogP contribution in [0.2, 0.25) is 0 Å². The van der Waals surface area contributed by atoms with E-state index in [1.54, 1.807) is 32.9 Å². The van der Waals surface area contributed by atoms with Gasteiger partial charge in [0.15, 0.2) is 0 Å². The van der Waals surface area contributed by atoms with E-state index in [9.17, 15) is 8.42 Å². The molecule has 0 spiro atoms. The average molecular weight is 298 g/mol. The Morgan fingerprint density at radius 3 is 2.53 bits per heavy atom. The van der Waals surface area contributed by atoms with Crippen LogP contribution < -0.4 is 10.5 Å². The predicted molar refractivity (Wildman–Crippen MR) is 75.8 cm³/mol. The molecule has 0 amide bonds. The maximum Gasteiger partial charge on any atom is 0.264 e. The van der Waals surface area contributed by atoms with Gasteiger partial charge in [-0.2, -0.15) is 4.37 Å². The summed E-state index contributed by atoms with van der Waals surface area (Å²) in [6.07, 6.45) is 0. The zero-order chi connectivity index (χ0) is 14.2. The van der Waals surface area contributed by atoms with E-state index in [-0.39, 0.29) is 10.0 Å². The van der Waals surface area contributed by atoms with Crippen LogP contribution in [0.15, 0.2) is 17.0 Å². The van der Waals surface area contributed by atoms with Crippen molar-refractivity contribution in [1.29, 1.82) is 0 Å². The van der Waals surface area contributed by atoms with Gasteiger partial charge in [-0.25, -0.2) is 13.4 Å². The van der Waals surface area contributed by atoms with Gasteiger partial charge in [0.2, 0.25) is 5.13 Å². The van der Waals surface area contributed by atoms with E-state index in [4.69, 9.17) is 5.73 Å². The molecule has 1 aromatic heterocycles. The Labute approximate surface area is 115 Å². The monoisotopic (exact) mass is 298 g/mol. The number of rotatable bonds is 3. The van der Waals surface area contributed by atoms with E-state index < -0.39 is 10.0 Å². The van der Waals surface area contributed by atoms with Crippen LogP contribution in [0.4, 0.5) is 10.8 Å². The van der Waals surface area contributed by atoms with Crippen LogP contribution in [-0.4, -0.2) is 17.8 Å².